The Kier molecular flexibility index (Phi) is 3.89. The Morgan fingerprint density at radius 2 is 1.75 bits per heavy atom. The van der Waals surface area contributed by atoms with Gasteiger partial charge >= 0.3 is 0 Å². The van der Waals surface area contributed by atoms with Crippen LogP contribution in [-0.2, 0) is 6.54 Å². The maximum Gasteiger partial charge on any atom is 0.120 e. The zero-order valence-corrected chi connectivity index (χ0v) is 13.2. The smallest absolute Gasteiger partial charge is 0.120 e. The minimum absolute atomic E-state index is 0.241. The molecule has 0 spiro atoms. The average molecular weight is 318 g/mol. The molecule has 1 atom stereocenters. The first kappa shape index (κ1) is 14.7. The van der Waals surface area contributed by atoms with Crippen LogP contribution in [0.2, 0.25) is 0 Å². The molecule has 0 aliphatic rings. The lowest BCUT2D eigenvalue weighted by Crippen LogP contribution is -2.23. The van der Waals surface area contributed by atoms with Gasteiger partial charge in [-0.25, -0.2) is 4.98 Å². The highest BCUT2D eigenvalue weighted by atomic mass is 16.5. The molecule has 0 bridgehead atoms. The Labute approximate surface area is 139 Å². The van der Waals surface area contributed by atoms with E-state index in [1.165, 1.54) is 5.39 Å². The first-order valence-electron chi connectivity index (χ1n) is 7.99. The van der Waals surface area contributed by atoms with Gasteiger partial charge in [0, 0.05) is 0 Å². The number of aromatic nitrogens is 2. The van der Waals surface area contributed by atoms with Crippen molar-refractivity contribution in [3.8, 4) is 5.75 Å². The number of benzene rings is 3. The summed E-state index contributed by atoms with van der Waals surface area (Å²) in [5.74, 6) is 0.767. The average Bonchev–Trinajstić information content (AvgIpc) is 3.03. The third-order valence-electron chi connectivity index (χ3n) is 4.10. The van der Waals surface area contributed by atoms with Gasteiger partial charge in [-0.3, -0.25) is 0 Å². The van der Waals surface area contributed by atoms with Crippen molar-refractivity contribution in [3.05, 3.63) is 73.1 Å². The van der Waals surface area contributed by atoms with Gasteiger partial charge in [0.05, 0.1) is 23.9 Å². The Morgan fingerprint density at radius 3 is 2.67 bits per heavy atom. The van der Waals surface area contributed by atoms with Crippen LogP contribution in [-0.4, -0.2) is 27.4 Å². The van der Waals surface area contributed by atoms with Crippen molar-refractivity contribution in [2.24, 2.45) is 0 Å². The van der Waals surface area contributed by atoms with Crippen LogP contribution in [0.25, 0.3) is 21.8 Å². The third kappa shape index (κ3) is 2.96. The van der Waals surface area contributed by atoms with E-state index < -0.39 is 6.10 Å². The van der Waals surface area contributed by atoms with Gasteiger partial charge in [0.2, 0.25) is 0 Å². The highest BCUT2D eigenvalue weighted by molar-refractivity contribution is 5.83. The number of rotatable bonds is 5. The van der Waals surface area contributed by atoms with Crippen LogP contribution < -0.4 is 4.74 Å². The van der Waals surface area contributed by atoms with Gasteiger partial charge in [0.1, 0.15) is 18.5 Å². The number of aliphatic hydroxyl groups is 1. The summed E-state index contributed by atoms with van der Waals surface area (Å²) in [7, 11) is 0. The summed E-state index contributed by atoms with van der Waals surface area (Å²) in [4.78, 5) is 4.34. The van der Waals surface area contributed by atoms with Crippen molar-refractivity contribution in [3.63, 3.8) is 0 Å². The first-order chi connectivity index (χ1) is 11.8. The molecule has 4 heteroatoms. The summed E-state index contributed by atoms with van der Waals surface area (Å²) in [5.41, 5.74) is 1.95. The van der Waals surface area contributed by atoms with Gasteiger partial charge in [-0.15, -0.1) is 0 Å². The molecule has 4 aromatic rings. The fourth-order valence-electron chi connectivity index (χ4n) is 2.89. The molecule has 120 valence electrons. The van der Waals surface area contributed by atoms with Crippen molar-refractivity contribution < 1.29 is 9.84 Å². The van der Waals surface area contributed by atoms with E-state index in [1.807, 2.05) is 59.2 Å². The second kappa shape index (κ2) is 6.34. The molecule has 0 fully saturated rings. The van der Waals surface area contributed by atoms with Crippen LogP contribution in [0, 0.1) is 0 Å². The van der Waals surface area contributed by atoms with Crippen molar-refractivity contribution in [1.29, 1.82) is 0 Å². The lowest BCUT2D eigenvalue weighted by atomic mass is 10.1. The summed E-state index contributed by atoms with van der Waals surface area (Å²) in [6.07, 6.45) is 1.15. The first-order valence-corrected chi connectivity index (χ1v) is 7.99. The molecule has 4 rings (SSSR count). The van der Waals surface area contributed by atoms with Crippen molar-refractivity contribution in [1.82, 2.24) is 9.55 Å². The Morgan fingerprint density at radius 1 is 0.958 bits per heavy atom. The predicted molar refractivity (Wildman–Crippen MR) is 95.2 cm³/mol. The maximum absolute atomic E-state index is 10.3. The minimum atomic E-state index is -0.603. The van der Waals surface area contributed by atoms with Gasteiger partial charge < -0.3 is 14.4 Å². The van der Waals surface area contributed by atoms with Gasteiger partial charge in [-0.05, 0) is 35.0 Å². The number of hydrogen-bond donors (Lipinski definition) is 1. The molecule has 0 radical (unpaired) electrons. The van der Waals surface area contributed by atoms with E-state index in [1.54, 1.807) is 6.33 Å². The molecule has 24 heavy (non-hydrogen) atoms. The van der Waals surface area contributed by atoms with Gasteiger partial charge in [0.25, 0.3) is 0 Å². The summed E-state index contributed by atoms with van der Waals surface area (Å²) >= 11 is 0. The lowest BCUT2D eigenvalue weighted by Gasteiger charge is -2.14. The summed E-state index contributed by atoms with van der Waals surface area (Å²) in [5, 5.41) is 12.6. The van der Waals surface area contributed by atoms with Gasteiger partial charge in [-0.2, -0.15) is 0 Å². The fraction of sp³-hybridized carbons (Fsp3) is 0.150. The van der Waals surface area contributed by atoms with E-state index in [2.05, 4.69) is 17.1 Å². The topological polar surface area (TPSA) is 47.3 Å². The molecule has 3 aromatic carbocycles. The largest absolute Gasteiger partial charge is 0.491 e. The summed E-state index contributed by atoms with van der Waals surface area (Å²) in [6, 6.07) is 22.0. The Balaban J connectivity index is 1.43. The molecule has 0 unspecified atom stereocenters. The van der Waals surface area contributed by atoms with Crippen molar-refractivity contribution in [2.75, 3.05) is 6.61 Å². The monoisotopic (exact) mass is 318 g/mol. The van der Waals surface area contributed by atoms with Crippen molar-refractivity contribution in [2.45, 2.75) is 12.6 Å². The molecule has 0 aliphatic heterocycles. The SMILES string of the molecule is O[C@@H](COc1ccc2ccccc2c1)Cn1cnc2ccccc21. The van der Waals surface area contributed by atoms with E-state index in [-0.39, 0.29) is 6.61 Å². The van der Waals surface area contributed by atoms with Gasteiger partial charge in [0.15, 0.2) is 0 Å². The maximum atomic E-state index is 10.3. The van der Waals surface area contributed by atoms with Crippen LogP contribution >= 0.6 is 0 Å². The van der Waals surface area contributed by atoms with Gasteiger partial charge in [-0.1, -0.05) is 42.5 Å². The molecular weight excluding hydrogens is 300 g/mol. The number of fused-ring (bicyclic) bond motifs is 2. The molecule has 0 amide bonds. The van der Waals surface area contributed by atoms with E-state index in [0.717, 1.165) is 22.2 Å². The highest BCUT2D eigenvalue weighted by Gasteiger charge is 2.09. The minimum Gasteiger partial charge on any atom is -0.491 e. The summed E-state index contributed by atoms with van der Waals surface area (Å²) in [6.45, 7) is 0.693. The number of aliphatic hydroxyl groups excluding tert-OH is 1. The van der Waals surface area contributed by atoms with E-state index in [4.69, 9.17) is 4.74 Å². The molecule has 0 saturated carbocycles. The molecule has 1 heterocycles. The predicted octanol–water partition coefficient (Wildman–Crippen LogP) is 3.63. The number of ether oxygens (including phenoxy) is 1. The quantitative estimate of drug-likeness (QED) is 0.611. The molecule has 1 N–H and O–H groups in total. The van der Waals surface area contributed by atoms with Crippen LogP contribution in [0.1, 0.15) is 0 Å². The van der Waals surface area contributed by atoms with Crippen LogP contribution in [0.15, 0.2) is 73.1 Å². The second-order valence-electron chi connectivity index (χ2n) is 5.86. The van der Waals surface area contributed by atoms with E-state index >= 15 is 0 Å². The van der Waals surface area contributed by atoms with Crippen molar-refractivity contribution >= 4 is 21.8 Å². The van der Waals surface area contributed by atoms with Crippen LogP contribution in [0.4, 0.5) is 0 Å². The lowest BCUT2D eigenvalue weighted by molar-refractivity contribution is 0.0935. The fourth-order valence-corrected chi connectivity index (χ4v) is 2.89. The molecule has 1 aromatic heterocycles. The standard InChI is InChI=1S/C20H18N2O2/c23-17(12-22-14-21-19-7-3-4-8-20(19)22)13-24-18-10-9-15-5-1-2-6-16(15)11-18/h1-11,14,17,23H,12-13H2/t17-/m1/s1. The number of nitrogens with zero attached hydrogens (tertiary/aromatic N) is 2. The summed E-state index contributed by atoms with van der Waals surface area (Å²) < 4.78 is 7.70. The van der Waals surface area contributed by atoms with Crippen LogP contribution in [0.5, 0.6) is 5.75 Å². The Hall–Kier alpha value is -2.85. The number of para-hydroxylation sites is 2. The number of hydrogen-bond acceptors (Lipinski definition) is 3. The third-order valence-corrected chi connectivity index (χ3v) is 4.10. The second-order valence-corrected chi connectivity index (χ2v) is 5.86. The van der Waals surface area contributed by atoms with E-state index in [0.29, 0.717) is 6.54 Å². The van der Waals surface area contributed by atoms with E-state index in [9.17, 15) is 5.11 Å². The number of imidazole rings is 1. The molecular formula is C20H18N2O2. The zero-order valence-electron chi connectivity index (χ0n) is 13.2. The van der Waals surface area contributed by atoms with Crippen LogP contribution in [0.3, 0.4) is 0 Å². The molecule has 0 aliphatic carbocycles. The normalized spacial score (nSPS) is 12.5. The molecule has 0 saturated heterocycles. The molecule has 4 nitrogen and oxygen atoms in total. The zero-order chi connectivity index (χ0) is 16.4. The highest BCUT2D eigenvalue weighted by Crippen LogP contribution is 2.21. The Bertz CT molecular complexity index is 977.